The van der Waals surface area contributed by atoms with E-state index in [2.05, 4.69) is 4.99 Å². The fourth-order valence-electron chi connectivity index (χ4n) is 3.85. The predicted molar refractivity (Wildman–Crippen MR) is 125 cm³/mol. The number of carboxylic acid groups (broad SMARTS) is 1. The number of likely N-dealkylation sites (tertiary alicyclic amines) is 1. The van der Waals surface area contributed by atoms with Crippen LogP contribution in [0.1, 0.15) is 56.2 Å². The van der Waals surface area contributed by atoms with Gasteiger partial charge in [0, 0.05) is 24.2 Å². The van der Waals surface area contributed by atoms with Gasteiger partial charge in [-0.25, -0.2) is 4.79 Å². The zero-order valence-corrected chi connectivity index (χ0v) is 20.6. The number of aliphatic carboxylic acids is 1. The smallest absolute Gasteiger partial charge is 0.475 e. The molecule has 224 valence electrons. The van der Waals surface area contributed by atoms with Gasteiger partial charge in [-0.1, -0.05) is 6.07 Å². The average Bonchev–Trinajstić information content (AvgIpc) is 2.86. The Bertz CT molecular complexity index is 1290. The molecule has 5 N–H and O–H groups in total. The van der Waals surface area contributed by atoms with Crippen LogP contribution in [0.3, 0.4) is 0 Å². The lowest BCUT2D eigenvalue weighted by molar-refractivity contribution is -0.192. The summed E-state index contributed by atoms with van der Waals surface area (Å²) in [5.74, 6) is -5.38. The van der Waals surface area contributed by atoms with Gasteiger partial charge in [0.05, 0.1) is 11.1 Å². The van der Waals surface area contributed by atoms with Crippen LogP contribution in [0.15, 0.2) is 47.5 Å². The van der Waals surface area contributed by atoms with Crippen molar-refractivity contribution in [3.05, 3.63) is 70.3 Å². The van der Waals surface area contributed by atoms with E-state index in [1.807, 2.05) is 0 Å². The van der Waals surface area contributed by atoms with E-state index in [0.29, 0.717) is 6.07 Å². The molecule has 0 unspecified atom stereocenters. The van der Waals surface area contributed by atoms with Crippen molar-refractivity contribution in [3.8, 4) is 0 Å². The molecule has 2 amide bonds. The normalized spacial score (nSPS) is 14.5. The maximum absolute atomic E-state index is 13.7. The Kier molecular flexibility index (Phi) is 10.0. The fraction of sp³-hybridized carbons (Fsp3) is 0.333. The number of rotatable bonds is 3. The van der Waals surface area contributed by atoms with Crippen molar-refractivity contribution in [1.29, 1.82) is 0 Å². The van der Waals surface area contributed by atoms with E-state index in [1.54, 1.807) is 0 Å². The van der Waals surface area contributed by atoms with Gasteiger partial charge in [0.2, 0.25) is 0 Å². The van der Waals surface area contributed by atoms with E-state index in [-0.39, 0.29) is 42.6 Å². The maximum Gasteiger partial charge on any atom is 0.490 e. The third kappa shape index (κ3) is 9.11. The van der Waals surface area contributed by atoms with Crippen LogP contribution in [0.25, 0.3) is 0 Å². The number of nitrogens with two attached hydrogens (primary N) is 2. The summed E-state index contributed by atoms with van der Waals surface area (Å²) in [4.78, 5) is 38.1. The van der Waals surface area contributed by atoms with E-state index < -0.39 is 59.3 Å². The molecule has 17 heteroatoms. The Morgan fingerprint density at radius 2 is 1.29 bits per heavy atom. The molecule has 0 spiro atoms. The first kappa shape index (κ1) is 32.9. The first-order valence-electron chi connectivity index (χ1n) is 11.3. The number of carbonyl (C=O) groups is 3. The summed E-state index contributed by atoms with van der Waals surface area (Å²) in [6.07, 6.45) is -13.9. The number of hydrogen-bond donors (Lipinski definition) is 3. The molecule has 1 aliphatic heterocycles. The van der Waals surface area contributed by atoms with Gasteiger partial charge in [0.1, 0.15) is 0 Å². The van der Waals surface area contributed by atoms with Crippen LogP contribution in [0, 0.1) is 0 Å². The van der Waals surface area contributed by atoms with Gasteiger partial charge in [0.25, 0.3) is 11.8 Å². The number of piperidine rings is 1. The molecule has 0 bridgehead atoms. The minimum Gasteiger partial charge on any atom is -0.475 e. The lowest BCUT2D eigenvalue weighted by Gasteiger charge is -2.33. The van der Waals surface area contributed by atoms with Crippen molar-refractivity contribution in [1.82, 2.24) is 4.90 Å². The largest absolute Gasteiger partial charge is 0.490 e. The predicted octanol–water partition coefficient (Wildman–Crippen LogP) is 4.79. The Hall–Kier alpha value is -4.31. The summed E-state index contributed by atoms with van der Waals surface area (Å²) in [6.45, 7) is 0.243. The Labute approximate surface area is 225 Å². The molecular formula is C24H21F9N4O4. The minimum atomic E-state index is -5.08. The van der Waals surface area contributed by atoms with Gasteiger partial charge in [-0.15, -0.1) is 0 Å². The molecule has 2 aromatic carbocycles. The van der Waals surface area contributed by atoms with Crippen molar-refractivity contribution in [2.45, 2.75) is 37.3 Å². The number of hydrogen-bond acceptors (Lipinski definition) is 3. The van der Waals surface area contributed by atoms with Crippen LogP contribution < -0.4 is 11.5 Å². The lowest BCUT2D eigenvalue weighted by Crippen LogP contribution is -2.38. The zero-order valence-electron chi connectivity index (χ0n) is 20.6. The summed E-state index contributed by atoms with van der Waals surface area (Å²) in [5.41, 5.74) is 8.07. The van der Waals surface area contributed by atoms with Gasteiger partial charge in [-0.3, -0.25) is 9.59 Å². The third-order valence-electron chi connectivity index (χ3n) is 5.76. The average molecular weight is 600 g/mol. The number of benzene rings is 2. The van der Waals surface area contributed by atoms with E-state index in [9.17, 15) is 49.1 Å². The molecule has 0 saturated carbocycles. The first-order valence-corrected chi connectivity index (χ1v) is 11.3. The van der Waals surface area contributed by atoms with Gasteiger partial charge >= 0.3 is 24.5 Å². The topological polar surface area (TPSA) is 139 Å². The van der Waals surface area contributed by atoms with Crippen molar-refractivity contribution in [2.75, 3.05) is 13.1 Å². The summed E-state index contributed by atoms with van der Waals surface area (Å²) in [7, 11) is 0. The number of carbonyl (C=O) groups excluding carboxylic acids is 2. The molecule has 1 aliphatic rings. The molecule has 0 aliphatic carbocycles. The standard InChI is InChI=1S/C22H20F6N4O2.C2HF3O2/c23-21(24,25)15-4-1-13(2-5-15)19(34)32-9-7-12(8-10-32)16-6-3-14(18(33)31-20(29)30)11-17(16)22(26,27)28;3-2(4,5)1(6)7/h1-6,11-12H,7-10H2,(H4,29,30,31,33);(H,6,7). The third-order valence-corrected chi connectivity index (χ3v) is 5.76. The highest BCUT2D eigenvalue weighted by Gasteiger charge is 2.39. The van der Waals surface area contributed by atoms with Crippen LogP contribution in [0.5, 0.6) is 0 Å². The minimum absolute atomic E-state index is 0.0182. The summed E-state index contributed by atoms with van der Waals surface area (Å²) < 4.78 is 111. The molecule has 8 nitrogen and oxygen atoms in total. The Morgan fingerprint density at radius 3 is 1.71 bits per heavy atom. The molecule has 0 aromatic heterocycles. The molecule has 1 saturated heterocycles. The van der Waals surface area contributed by atoms with Crippen molar-refractivity contribution >= 4 is 23.7 Å². The molecule has 2 aromatic rings. The molecule has 3 rings (SSSR count). The van der Waals surface area contributed by atoms with E-state index in [1.165, 1.54) is 17.0 Å². The molecule has 1 heterocycles. The van der Waals surface area contributed by atoms with Crippen LogP contribution in [-0.2, 0) is 17.1 Å². The van der Waals surface area contributed by atoms with Crippen LogP contribution in [-0.4, -0.2) is 53.0 Å². The Morgan fingerprint density at radius 1 is 0.805 bits per heavy atom. The van der Waals surface area contributed by atoms with E-state index >= 15 is 0 Å². The number of guanidine groups is 1. The number of alkyl halides is 9. The zero-order chi connectivity index (χ0) is 31.3. The number of amides is 2. The monoisotopic (exact) mass is 600 g/mol. The van der Waals surface area contributed by atoms with E-state index in [0.717, 1.165) is 24.3 Å². The fourth-order valence-corrected chi connectivity index (χ4v) is 3.85. The number of halogens is 9. The van der Waals surface area contributed by atoms with Crippen LogP contribution in [0.4, 0.5) is 39.5 Å². The SMILES string of the molecule is NC(N)=NC(=O)c1ccc(C2CCN(C(=O)c3ccc(C(F)(F)F)cc3)CC2)c(C(F)(F)F)c1.O=C(O)C(F)(F)F. The highest BCUT2D eigenvalue weighted by Crippen LogP contribution is 2.39. The first-order chi connectivity index (χ1) is 18.7. The Balaban J connectivity index is 0.000000745. The summed E-state index contributed by atoms with van der Waals surface area (Å²) in [6, 6.07) is 6.87. The maximum atomic E-state index is 13.7. The van der Waals surface area contributed by atoms with Gasteiger partial charge in [-0.2, -0.15) is 44.5 Å². The van der Waals surface area contributed by atoms with Crippen LogP contribution >= 0.6 is 0 Å². The molecular weight excluding hydrogens is 579 g/mol. The molecule has 41 heavy (non-hydrogen) atoms. The van der Waals surface area contributed by atoms with Gasteiger partial charge < -0.3 is 21.5 Å². The molecule has 0 atom stereocenters. The van der Waals surface area contributed by atoms with Crippen molar-refractivity contribution < 1.29 is 59.0 Å². The molecule has 1 fully saturated rings. The van der Waals surface area contributed by atoms with E-state index in [4.69, 9.17) is 21.4 Å². The second-order valence-electron chi connectivity index (χ2n) is 8.59. The lowest BCUT2D eigenvalue weighted by atomic mass is 9.85. The molecule has 0 radical (unpaired) electrons. The number of carboxylic acids is 1. The second-order valence-corrected chi connectivity index (χ2v) is 8.59. The van der Waals surface area contributed by atoms with Crippen molar-refractivity contribution in [2.24, 2.45) is 16.5 Å². The quantitative estimate of drug-likeness (QED) is 0.263. The van der Waals surface area contributed by atoms with Gasteiger partial charge in [0.15, 0.2) is 5.96 Å². The summed E-state index contributed by atoms with van der Waals surface area (Å²) >= 11 is 0. The summed E-state index contributed by atoms with van der Waals surface area (Å²) in [5, 5.41) is 7.12. The highest BCUT2D eigenvalue weighted by molar-refractivity contribution is 6.02. The van der Waals surface area contributed by atoms with Crippen molar-refractivity contribution in [3.63, 3.8) is 0 Å². The number of aliphatic imine (C=N–C) groups is 1. The second kappa shape index (κ2) is 12.5. The highest BCUT2D eigenvalue weighted by atomic mass is 19.4. The number of nitrogens with zero attached hydrogens (tertiary/aromatic N) is 2. The van der Waals surface area contributed by atoms with Crippen LogP contribution in [0.2, 0.25) is 0 Å². The van der Waals surface area contributed by atoms with Gasteiger partial charge in [-0.05, 0) is 60.7 Å².